The Kier molecular flexibility index (Phi) is 18.8. The molecule has 0 aromatic heterocycles. The van der Waals surface area contributed by atoms with Crippen molar-refractivity contribution in [3.8, 4) is 0 Å². The Labute approximate surface area is 186 Å². The lowest BCUT2D eigenvalue weighted by Crippen LogP contribution is -2.36. The first kappa shape index (κ1) is 30.6. The molecular weight excluding hydrogens is 415 g/mol. The quantitative estimate of drug-likeness (QED) is 0.119. The smallest absolute Gasteiger partial charge is 0.379 e. The Morgan fingerprint density at radius 2 is 1.10 bits per heavy atom. The fraction of sp³-hybridized carbons (Fsp3) is 1.00. The third kappa shape index (κ3) is 17.8. The summed E-state index contributed by atoms with van der Waals surface area (Å²) in [6.07, 6.45) is 8.14. The second-order valence-electron chi connectivity index (χ2n) is 8.52. The van der Waals surface area contributed by atoms with Crippen LogP contribution in [0.2, 0.25) is 0 Å². The van der Waals surface area contributed by atoms with Gasteiger partial charge in [-0.3, -0.25) is 0 Å². The van der Waals surface area contributed by atoms with Gasteiger partial charge in [-0.25, -0.2) is 0 Å². The Morgan fingerprint density at radius 1 is 0.613 bits per heavy atom. The van der Waals surface area contributed by atoms with Gasteiger partial charge in [-0.05, 0) is 25.7 Å². The summed E-state index contributed by atoms with van der Waals surface area (Å²) in [6, 6.07) is 0. The lowest BCUT2D eigenvalue weighted by atomic mass is 10.0. The lowest BCUT2D eigenvalue weighted by Gasteiger charge is -2.19. The Morgan fingerprint density at radius 3 is 1.55 bits per heavy atom. The first-order valence-electron chi connectivity index (χ1n) is 12.4. The van der Waals surface area contributed by atoms with Gasteiger partial charge in [0, 0.05) is 19.6 Å². The van der Waals surface area contributed by atoms with E-state index in [-0.39, 0.29) is 12.5 Å². The van der Waals surface area contributed by atoms with E-state index in [0.717, 1.165) is 71.0 Å². The number of hydrogen-bond acceptors (Lipinski definition) is 2. The summed E-state index contributed by atoms with van der Waals surface area (Å²) < 4.78 is 73.2. The van der Waals surface area contributed by atoms with Crippen molar-refractivity contribution in [1.82, 2.24) is 0 Å². The van der Waals surface area contributed by atoms with Crippen LogP contribution in [0.3, 0.4) is 0 Å². The van der Waals surface area contributed by atoms with Crippen molar-refractivity contribution in [2.75, 3.05) is 19.8 Å². The number of hydrogen-bond donors (Lipinski definition) is 0. The molecule has 188 valence electrons. The van der Waals surface area contributed by atoms with Crippen molar-refractivity contribution in [1.29, 1.82) is 0 Å². The highest BCUT2D eigenvalue weighted by Gasteiger charge is 2.56. The molecule has 0 aromatic carbocycles. The number of halogens is 5. The van der Waals surface area contributed by atoms with Gasteiger partial charge in [-0.1, -0.05) is 84.5 Å². The molecule has 1 unspecified atom stereocenters. The average molecular weight is 461 g/mol. The van der Waals surface area contributed by atoms with Crippen LogP contribution < -0.4 is 0 Å². The van der Waals surface area contributed by atoms with Crippen molar-refractivity contribution >= 4 is 0 Å². The van der Waals surface area contributed by atoms with E-state index in [9.17, 15) is 22.0 Å². The van der Waals surface area contributed by atoms with E-state index in [1.165, 1.54) is 25.7 Å². The van der Waals surface area contributed by atoms with Crippen LogP contribution in [0.15, 0.2) is 0 Å². The van der Waals surface area contributed by atoms with Crippen LogP contribution in [0.1, 0.15) is 117 Å². The van der Waals surface area contributed by atoms with E-state index < -0.39 is 18.5 Å². The fourth-order valence-corrected chi connectivity index (χ4v) is 3.35. The standard InChI is InChI=1S/C24H45F5O2/c1-3-5-20-31-22(4-2)21-30-19-17-15-13-11-9-7-6-8-10-12-14-16-18-23(25,26)24(27,28)29/h22H,3-21H2,1-2H3. The first-order chi connectivity index (χ1) is 14.7. The van der Waals surface area contributed by atoms with Crippen molar-refractivity contribution in [3.05, 3.63) is 0 Å². The minimum atomic E-state index is -5.42. The van der Waals surface area contributed by atoms with E-state index in [4.69, 9.17) is 9.47 Å². The fourth-order valence-electron chi connectivity index (χ4n) is 3.35. The molecular formula is C24H45F5O2. The summed E-state index contributed by atoms with van der Waals surface area (Å²) in [5, 5.41) is 0. The highest BCUT2D eigenvalue weighted by Crippen LogP contribution is 2.39. The molecule has 0 aromatic rings. The molecule has 0 amide bonds. The third-order valence-corrected chi connectivity index (χ3v) is 5.55. The lowest BCUT2D eigenvalue weighted by molar-refractivity contribution is -0.284. The molecule has 0 N–H and O–H groups in total. The van der Waals surface area contributed by atoms with Gasteiger partial charge in [0.1, 0.15) is 0 Å². The summed E-state index contributed by atoms with van der Waals surface area (Å²) in [5.41, 5.74) is 0. The normalized spacial score (nSPS) is 13.6. The SMILES string of the molecule is CCCCOC(CC)COCCCCCCCCCCCCCCC(F)(F)C(F)(F)F. The van der Waals surface area contributed by atoms with E-state index in [1.54, 1.807) is 0 Å². The van der Waals surface area contributed by atoms with Crippen LogP contribution in [-0.2, 0) is 9.47 Å². The molecule has 0 fully saturated rings. The number of alkyl halides is 5. The highest BCUT2D eigenvalue weighted by atomic mass is 19.4. The minimum Gasteiger partial charge on any atom is -0.379 e. The zero-order chi connectivity index (χ0) is 23.4. The predicted molar refractivity (Wildman–Crippen MR) is 117 cm³/mol. The summed E-state index contributed by atoms with van der Waals surface area (Å²) in [7, 11) is 0. The van der Waals surface area contributed by atoms with E-state index >= 15 is 0 Å². The van der Waals surface area contributed by atoms with Crippen LogP contribution in [0.5, 0.6) is 0 Å². The summed E-state index contributed by atoms with van der Waals surface area (Å²) in [5.74, 6) is -4.54. The molecule has 0 bridgehead atoms. The molecule has 0 rings (SSSR count). The van der Waals surface area contributed by atoms with Gasteiger partial charge in [0.25, 0.3) is 0 Å². The van der Waals surface area contributed by atoms with Gasteiger partial charge in [-0.2, -0.15) is 22.0 Å². The van der Waals surface area contributed by atoms with Crippen LogP contribution in [-0.4, -0.2) is 38.0 Å². The molecule has 2 nitrogen and oxygen atoms in total. The van der Waals surface area contributed by atoms with Gasteiger partial charge in [-0.15, -0.1) is 0 Å². The summed E-state index contributed by atoms with van der Waals surface area (Å²) in [6.45, 7) is 6.58. The molecule has 0 saturated carbocycles. The molecule has 0 spiro atoms. The van der Waals surface area contributed by atoms with E-state index in [1.807, 2.05) is 0 Å². The molecule has 0 saturated heterocycles. The summed E-state index contributed by atoms with van der Waals surface area (Å²) >= 11 is 0. The van der Waals surface area contributed by atoms with Crippen molar-refractivity contribution < 1.29 is 31.4 Å². The van der Waals surface area contributed by atoms with Crippen LogP contribution in [0, 0.1) is 0 Å². The second kappa shape index (κ2) is 19.1. The Hall–Kier alpha value is -0.430. The Balaban J connectivity index is 3.32. The minimum absolute atomic E-state index is 0.0682. The van der Waals surface area contributed by atoms with Crippen LogP contribution in [0.4, 0.5) is 22.0 Å². The van der Waals surface area contributed by atoms with Crippen LogP contribution >= 0.6 is 0 Å². The average Bonchev–Trinajstić information content (AvgIpc) is 2.71. The topological polar surface area (TPSA) is 18.5 Å². The number of rotatable bonds is 22. The van der Waals surface area contributed by atoms with Gasteiger partial charge in [0.05, 0.1) is 12.7 Å². The van der Waals surface area contributed by atoms with Gasteiger partial charge >= 0.3 is 12.1 Å². The highest BCUT2D eigenvalue weighted by molar-refractivity contribution is 4.75. The molecule has 1 atom stereocenters. The van der Waals surface area contributed by atoms with Gasteiger partial charge in [0.2, 0.25) is 0 Å². The maximum atomic E-state index is 12.8. The van der Waals surface area contributed by atoms with Crippen molar-refractivity contribution in [3.63, 3.8) is 0 Å². The van der Waals surface area contributed by atoms with Gasteiger partial charge < -0.3 is 9.47 Å². The second-order valence-corrected chi connectivity index (χ2v) is 8.52. The third-order valence-electron chi connectivity index (χ3n) is 5.55. The molecule has 0 aliphatic heterocycles. The van der Waals surface area contributed by atoms with Crippen molar-refractivity contribution in [2.45, 2.75) is 135 Å². The van der Waals surface area contributed by atoms with Gasteiger partial charge in [0.15, 0.2) is 0 Å². The molecule has 0 radical (unpaired) electrons. The van der Waals surface area contributed by atoms with Crippen LogP contribution in [0.25, 0.3) is 0 Å². The maximum Gasteiger partial charge on any atom is 0.453 e. The zero-order valence-electron chi connectivity index (χ0n) is 19.7. The number of ether oxygens (including phenoxy) is 2. The first-order valence-corrected chi connectivity index (χ1v) is 12.4. The zero-order valence-corrected chi connectivity index (χ0v) is 19.7. The Bertz CT molecular complexity index is 389. The van der Waals surface area contributed by atoms with Crippen molar-refractivity contribution in [2.24, 2.45) is 0 Å². The maximum absolute atomic E-state index is 12.8. The molecule has 7 heteroatoms. The van der Waals surface area contributed by atoms with E-state index in [2.05, 4.69) is 13.8 Å². The monoisotopic (exact) mass is 460 g/mol. The summed E-state index contributed by atoms with van der Waals surface area (Å²) in [4.78, 5) is 0. The largest absolute Gasteiger partial charge is 0.453 e. The molecule has 0 aliphatic carbocycles. The molecule has 31 heavy (non-hydrogen) atoms. The van der Waals surface area contributed by atoms with E-state index in [0.29, 0.717) is 13.0 Å². The molecule has 0 aliphatic rings. The number of unbranched alkanes of at least 4 members (excludes halogenated alkanes) is 12. The molecule has 0 heterocycles. The predicted octanol–water partition coefficient (Wildman–Crippen LogP) is 8.87.